The summed E-state index contributed by atoms with van der Waals surface area (Å²) in [5.41, 5.74) is 2.67. The molecular weight excluding hydrogens is 904 g/mol. The molecule has 3 saturated heterocycles. The number of fused-ring (bicyclic) bond motifs is 2. The minimum atomic E-state index is -4.36. The number of carbonyl (C=O) groups is 4. The van der Waals surface area contributed by atoms with Crippen molar-refractivity contribution in [2.24, 2.45) is 0 Å². The number of aromatic nitrogens is 2. The van der Waals surface area contributed by atoms with Crippen LogP contribution in [0.25, 0.3) is 22.2 Å². The summed E-state index contributed by atoms with van der Waals surface area (Å²) in [7, 11) is -2.21. The van der Waals surface area contributed by atoms with E-state index in [-0.39, 0.29) is 42.9 Å². The van der Waals surface area contributed by atoms with Crippen molar-refractivity contribution in [1.29, 1.82) is 0 Å². The van der Waals surface area contributed by atoms with Crippen LogP contribution in [-0.2, 0) is 26.3 Å². The molecule has 20 heteroatoms. The Labute approximate surface area is 390 Å². The average molecular weight is 954 g/mol. The normalized spacial score (nSPS) is 22.5. The molecule has 4 fully saturated rings. The van der Waals surface area contributed by atoms with Crippen LogP contribution in [-0.4, -0.2) is 145 Å². The number of hydrogen-bond acceptors (Lipinski definition) is 11. The minimum Gasteiger partial charge on any atom is -0.490 e. The van der Waals surface area contributed by atoms with E-state index in [2.05, 4.69) is 43.1 Å². The van der Waals surface area contributed by atoms with Gasteiger partial charge in [-0.3, -0.25) is 34.1 Å². The number of pyridine rings is 1. The van der Waals surface area contributed by atoms with E-state index >= 15 is 8.78 Å². The number of nitrogens with one attached hydrogen (secondary N) is 3. The molecule has 1 saturated carbocycles. The molecule has 2 aromatic heterocycles. The number of ketones is 1. The summed E-state index contributed by atoms with van der Waals surface area (Å²) in [5, 5.41) is 2.67. The van der Waals surface area contributed by atoms with Crippen LogP contribution in [0.15, 0.2) is 73.1 Å². The molecule has 3 aromatic carbocycles. The Bertz CT molecular complexity index is 2920. The number of halogens is 3. The molecule has 356 valence electrons. The third-order valence-corrected chi connectivity index (χ3v) is 15.5. The van der Waals surface area contributed by atoms with E-state index in [1.54, 1.807) is 17.2 Å². The molecule has 4 aliphatic heterocycles. The number of anilines is 2. The fraction of sp³-hybridized carbons (Fsp3) is 0.396. The van der Waals surface area contributed by atoms with Gasteiger partial charge in [0.25, 0.3) is 5.91 Å². The summed E-state index contributed by atoms with van der Waals surface area (Å²) in [6, 6.07) is 16.5. The lowest BCUT2D eigenvalue weighted by Crippen LogP contribution is -2.52. The van der Waals surface area contributed by atoms with Crippen LogP contribution in [0, 0.1) is 11.6 Å². The summed E-state index contributed by atoms with van der Waals surface area (Å²) in [4.78, 5) is 67.0. The van der Waals surface area contributed by atoms with Crippen molar-refractivity contribution in [2.45, 2.75) is 63.0 Å². The van der Waals surface area contributed by atoms with Gasteiger partial charge in [-0.25, -0.2) is 18.2 Å². The van der Waals surface area contributed by atoms with Gasteiger partial charge in [-0.05, 0) is 79.5 Å². The van der Waals surface area contributed by atoms with Gasteiger partial charge in [0.1, 0.15) is 35.5 Å². The number of imide groups is 1. The van der Waals surface area contributed by atoms with Crippen LogP contribution in [0.3, 0.4) is 0 Å². The van der Waals surface area contributed by atoms with Gasteiger partial charge in [0.2, 0.25) is 17.6 Å². The molecule has 0 unspecified atom stereocenters. The number of hydrogen-bond donors (Lipinski definition) is 3. The molecule has 2 atom stereocenters. The van der Waals surface area contributed by atoms with Gasteiger partial charge in [-0.1, -0.05) is 12.1 Å². The molecule has 0 spiro atoms. The van der Waals surface area contributed by atoms with Crippen LogP contribution in [0.2, 0.25) is 0 Å². The van der Waals surface area contributed by atoms with Crippen LogP contribution >= 0.6 is 0 Å². The topological polar surface area (TPSA) is 181 Å². The van der Waals surface area contributed by atoms with Crippen molar-refractivity contribution in [1.82, 2.24) is 34.3 Å². The van der Waals surface area contributed by atoms with Crippen LogP contribution in [0.1, 0.15) is 63.9 Å². The predicted octanol–water partition coefficient (Wildman–Crippen LogP) is 4.86. The Morgan fingerprint density at radius 3 is 2.47 bits per heavy atom. The summed E-state index contributed by atoms with van der Waals surface area (Å²) in [6.07, 6.45) is 3.99. The zero-order valence-electron chi connectivity index (χ0n) is 37.2. The van der Waals surface area contributed by atoms with Crippen LogP contribution in [0.5, 0.6) is 5.75 Å². The average Bonchev–Trinajstić information content (AvgIpc) is 4.04. The molecule has 10 rings (SSSR count). The number of piperazine rings is 1. The Balaban J connectivity index is 0.691. The quantitative estimate of drug-likeness (QED) is 0.102. The molecule has 0 radical (unpaired) electrons. The SMILES string of the molecule is CN(CCN1CCN(c2ccc3c(c2)CN([C@H]2CCC(=O)NC2=O)C3=O)CC1)C1CC(Oc2ccc(-c3cnc4[nH]cc(C(=O)c5c(F)ccc(NS(=O)(=O)N6CC[C@@H](F)C6)c5F)c4c3)cc2)C1. The Morgan fingerprint density at radius 2 is 1.74 bits per heavy atom. The van der Waals surface area contributed by atoms with Crippen molar-refractivity contribution < 1.29 is 45.5 Å². The number of likely N-dealkylation sites (N-methyl/N-ethyl adjacent to an activating group) is 1. The number of amides is 3. The number of ether oxygens (including phenoxy) is 1. The lowest BCUT2D eigenvalue weighted by Gasteiger charge is -2.42. The standard InChI is InChI=1S/C48H50F3N9O7S/c1-56(14-15-57-16-18-58(19-17-57)32-4-7-36-30(20-32)26-60(48(36)64)41-10-11-42(61)54-47(41)63)33-22-35(23-33)67-34-5-2-28(3-6-34)29-21-37-38(25-53-46(37)52-24-29)45(62)43-39(50)8-9-40(44(43)51)55-68(65,66)59-13-12-31(49)27-59/h2-9,20-21,24-25,31,33,35,41,55H,10-19,22-23,26-27H2,1H3,(H,52,53)(H,54,61,63)/t31-,33?,35?,41+/m1/s1. The Hall–Kier alpha value is -6.35. The Kier molecular flexibility index (Phi) is 12.2. The molecule has 68 heavy (non-hydrogen) atoms. The highest BCUT2D eigenvalue weighted by Crippen LogP contribution is 2.34. The summed E-state index contributed by atoms with van der Waals surface area (Å²) in [5.74, 6) is -3.75. The first kappa shape index (κ1) is 45.4. The monoisotopic (exact) mass is 953 g/mol. The first-order chi connectivity index (χ1) is 32.7. The van der Waals surface area contributed by atoms with Crippen molar-refractivity contribution in [3.8, 4) is 16.9 Å². The van der Waals surface area contributed by atoms with Gasteiger partial charge in [-0.15, -0.1) is 0 Å². The van der Waals surface area contributed by atoms with Gasteiger partial charge in [0.15, 0.2) is 5.82 Å². The van der Waals surface area contributed by atoms with Crippen LogP contribution in [0.4, 0.5) is 24.5 Å². The summed E-state index contributed by atoms with van der Waals surface area (Å²) < 4.78 is 79.3. The van der Waals surface area contributed by atoms with E-state index in [0.29, 0.717) is 46.9 Å². The van der Waals surface area contributed by atoms with E-state index in [0.717, 1.165) is 85.4 Å². The maximum Gasteiger partial charge on any atom is 0.301 e. The molecule has 1 aliphatic carbocycles. The van der Waals surface area contributed by atoms with Crippen molar-refractivity contribution >= 4 is 56.1 Å². The van der Waals surface area contributed by atoms with E-state index in [1.807, 2.05) is 41.1 Å². The number of aromatic amines is 1. The number of piperidine rings is 1. The second kappa shape index (κ2) is 18.3. The first-order valence-corrected chi connectivity index (χ1v) is 24.3. The summed E-state index contributed by atoms with van der Waals surface area (Å²) in [6.45, 7) is 5.30. The van der Waals surface area contributed by atoms with E-state index in [4.69, 9.17) is 4.74 Å². The van der Waals surface area contributed by atoms with Crippen molar-refractivity contribution in [2.75, 3.05) is 69.0 Å². The number of alkyl halides is 1. The molecule has 3 N–H and O–H groups in total. The number of benzene rings is 3. The zero-order chi connectivity index (χ0) is 47.4. The molecule has 6 heterocycles. The third kappa shape index (κ3) is 8.92. The van der Waals surface area contributed by atoms with Gasteiger partial charge in [0.05, 0.1) is 11.3 Å². The largest absolute Gasteiger partial charge is 0.490 e. The summed E-state index contributed by atoms with van der Waals surface area (Å²) >= 11 is 0. The van der Waals surface area contributed by atoms with Gasteiger partial charge < -0.3 is 24.4 Å². The second-order valence-corrected chi connectivity index (χ2v) is 19.9. The number of carbonyl (C=O) groups excluding carboxylic acids is 4. The highest BCUT2D eigenvalue weighted by atomic mass is 32.2. The van der Waals surface area contributed by atoms with E-state index in [1.165, 1.54) is 6.20 Å². The molecule has 16 nitrogen and oxygen atoms in total. The van der Waals surface area contributed by atoms with Crippen LogP contribution < -0.4 is 19.7 Å². The number of nitrogens with zero attached hydrogens (tertiary/aromatic N) is 6. The maximum atomic E-state index is 15.7. The second-order valence-electron chi connectivity index (χ2n) is 18.2. The zero-order valence-corrected chi connectivity index (χ0v) is 38.0. The van der Waals surface area contributed by atoms with Crippen molar-refractivity contribution in [3.05, 3.63) is 107 Å². The molecule has 0 bridgehead atoms. The highest BCUT2D eigenvalue weighted by Gasteiger charge is 2.40. The fourth-order valence-electron chi connectivity index (χ4n) is 9.81. The maximum absolute atomic E-state index is 15.7. The van der Waals surface area contributed by atoms with Gasteiger partial charge in [-0.2, -0.15) is 12.7 Å². The number of rotatable bonds is 14. The van der Waals surface area contributed by atoms with E-state index in [9.17, 15) is 32.0 Å². The molecular formula is C48H50F3N9O7S. The molecule has 5 aromatic rings. The third-order valence-electron chi connectivity index (χ3n) is 14.0. The van der Waals surface area contributed by atoms with Gasteiger partial charge >= 0.3 is 10.2 Å². The Morgan fingerprint density at radius 1 is 0.956 bits per heavy atom. The lowest BCUT2D eigenvalue weighted by atomic mass is 9.88. The van der Waals surface area contributed by atoms with Gasteiger partial charge in [0, 0.05) is 124 Å². The number of H-pyrrole nitrogens is 1. The minimum absolute atomic E-state index is 0.000146. The first-order valence-electron chi connectivity index (χ1n) is 22.8. The van der Waals surface area contributed by atoms with E-state index < -0.39 is 63.5 Å². The smallest absolute Gasteiger partial charge is 0.301 e. The molecule has 3 amide bonds. The molecule has 5 aliphatic rings. The predicted molar refractivity (Wildman–Crippen MR) is 246 cm³/mol. The lowest BCUT2D eigenvalue weighted by molar-refractivity contribution is -0.136. The highest BCUT2D eigenvalue weighted by molar-refractivity contribution is 7.90. The fourth-order valence-corrected chi connectivity index (χ4v) is 11.1. The van der Waals surface area contributed by atoms with Crippen molar-refractivity contribution in [3.63, 3.8) is 0 Å².